The predicted molar refractivity (Wildman–Crippen MR) is 69.2 cm³/mol. The van der Waals surface area contributed by atoms with E-state index < -0.39 is 0 Å². The number of rotatable bonds is 4. The molecule has 0 bridgehead atoms. The number of hydrogen-bond donors (Lipinski definition) is 2. The number of nitrogens with zero attached hydrogens (tertiary/aromatic N) is 1. The van der Waals surface area contributed by atoms with Gasteiger partial charge in [0.05, 0.1) is 5.69 Å². The molecule has 1 heterocycles. The smallest absolute Gasteiger partial charge is 0.187 e. The van der Waals surface area contributed by atoms with Gasteiger partial charge in [0.15, 0.2) is 5.13 Å². The number of nitrogens with two attached hydrogens (primary N) is 1. The Bertz CT molecular complexity index is 496. The van der Waals surface area contributed by atoms with Crippen LogP contribution in [0, 0.1) is 5.82 Å². The molecule has 0 saturated carbocycles. The van der Waals surface area contributed by atoms with Gasteiger partial charge in [-0.1, -0.05) is 6.07 Å². The van der Waals surface area contributed by atoms with Crippen LogP contribution >= 0.6 is 11.3 Å². The summed E-state index contributed by atoms with van der Waals surface area (Å²) in [5.74, 6) is -0.262. The largest absolute Gasteiger partial charge is 0.331 e. The highest BCUT2D eigenvalue weighted by atomic mass is 32.1. The van der Waals surface area contributed by atoms with Crippen molar-refractivity contribution < 1.29 is 4.39 Å². The van der Waals surface area contributed by atoms with E-state index in [9.17, 15) is 4.39 Å². The van der Waals surface area contributed by atoms with Gasteiger partial charge in [0.25, 0.3) is 0 Å². The molecule has 1 aromatic carbocycles. The van der Waals surface area contributed by atoms with Crippen molar-refractivity contribution in [2.24, 2.45) is 5.73 Å². The Morgan fingerprint density at radius 3 is 3.06 bits per heavy atom. The number of halogens is 1. The van der Waals surface area contributed by atoms with E-state index >= 15 is 0 Å². The highest BCUT2D eigenvalue weighted by Crippen LogP contribution is 2.21. The Morgan fingerprint density at radius 2 is 2.35 bits per heavy atom. The number of nitrogens with one attached hydrogen (secondary N) is 1. The van der Waals surface area contributed by atoms with Gasteiger partial charge in [-0.05, 0) is 25.1 Å². The summed E-state index contributed by atoms with van der Waals surface area (Å²) in [5.41, 5.74) is 7.36. The Labute approximate surface area is 103 Å². The van der Waals surface area contributed by atoms with Gasteiger partial charge in [0.1, 0.15) is 5.82 Å². The van der Waals surface area contributed by atoms with Crippen molar-refractivity contribution >= 4 is 22.2 Å². The van der Waals surface area contributed by atoms with Crippen LogP contribution in [-0.4, -0.2) is 11.0 Å². The molecule has 0 aliphatic heterocycles. The highest BCUT2D eigenvalue weighted by Gasteiger charge is 2.04. The van der Waals surface area contributed by atoms with Crippen molar-refractivity contribution in [3.05, 3.63) is 41.2 Å². The van der Waals surface area contributed by atoms with Crippen LogP contribution in [0.2, 0.25) is 0 Å². The molecule has 5 heteroatoms. The van der Waals surface area contributed by atoms with Crippen LogP contribution in [0.4, 0.5) is 15.2 Å². The summed E-state index contributed by atoms with van der Waals surface area (Å²) in [5, 5.41) is 5.78. The topological polar surface area (TPSA) is 50.9 Å². The lowest BCUT2D eigenvalue weighted by atomic mass is 10.2. The molecule has 0 spiro atoms. The quantitative estimate of drug-likeness (QED) is 0.878. The van der Waals surface area contributed by atoms with E-state index in [1.54, 1.807) is 12.1 Å². The maximum atomic E-state index is 13.0. The van der Waals surface area contributed by atoms with Gasteiger partial charge in [-0.25, -0.2) is 9.37 Å². The second kappa shape index (κ2) is 5.25. The average Bonchev–Trinajstić information content (AvgIpc) is 2.64. The van der Waals surface area contributed by atoms with E-state index in [1.165, 1.54) is 23.5 Å². The minimum atomic E-state index is -0.262. The molecule has 1 aromatic heterocycles. The summed E-state index contributed by atoms with van der Waals surface area (Å²) >= 11 is 1.49. The Morgan fingerprint density at radius 1 is 1.53 bits per heavy atom. The number of thiazole rings is 1. The Balaban J connectivity index is 2.06. The minimum Gasteiger partial charge on any atom is -0.331 e. The van der Waals surface area contributed by atoms with Gasteiger partial charge in [-0.2, -0.15) is 0 Å². The first-order valence-corrected chi connectivity index (χ1v) is 6.24. The first-order chi connectivity index (χ1) is 8.13. The fraction of sp³-hybridized carbons (Fsp3) is 0.250. The van der Waals surface area contributed by atoms with Gasteiger partial charge in [-0.15, -0.1) is 11.3 Å². The monoisotopic (exact) mass is 251 g/mol. The van der Waals surface area contributed by atoms with Gasteiger partial charge < -0.3 is 11.1 Å². The van der Waals surface area contributed by atoms with Crippen molar-refractivity contribution in [3.8, 4) is 0 Å². The van der Waals surface area contributed by atoms with Crippen LogP contribution in [0.15, 0.2) is 29.6 Å². The molecule has 3 N–H and O–H groups in total. The molecular weight excluding hydrogens is 237 g/mol. The second-order valence-electron chi connectivity index (χ2n) is 3.96. The summed E-state index contributed by atoms with van der Waals surface area (Å²) in [6, 6.07) is 6.41. The van der Waals surface area contributed by atoms with Crippen LogP contribution in [0.5, 0.6) is 0 Å². The molecule has 0 fully saturated rings. The third-order valence-corrected chi connectivity index (χ3v) is 2.97. The third kappa shape index (κ3) is 3.51. The maximum absolute atomic E-state index is 13.0. The summed E-state index contributed by atoms with van der Waals surface area (Å²) in [6.07, 6.45) is 0.751. The number of anilines is 2. The molecule has 0 radical (unpaired) electrons. The molecule has 0 amide bonds. The van der Waals surface area contributed by atoms with Crippen molar-refractivity contribution in [2.75, 3.05) is 5.32 Å². The van der Waals surface area contributed by atoms with Gasteiger partial charge in [0, 0.05) is 23.5 Å². The number of benzene rings is 1. The lowest BCUT2D eigenvalue weighted by Crippen LogP contribution is -2.17. The van der Waals surface area contributed by atoms with Crippen LogP contribution in [0.25, 0.3) is 0 Å². The molecule has 90 valence electrons. The van der Waals surface area contributed by atoms with E-state index in [1.807, 2.05) is 12.3 Å². The molecule has 2 rings (SSSR count). The number of aromatic nitrogens is 1. The summed E-state index contributed by atoms with van der Waals surface area (Å²) in [6.45, 7) is 1.94. The average molecular weight is 251 g/mol. The zero-order valence-corrected chi connectivity index (χ0v) is 10.3. The highest BCUT2D eigenvalue weighted by molar-refractivity contribution is 7.13. The fourth-order valence-electron chi connectivity index (χ4n) is 1.48. The van der Waals surface area contributed by atoms with E-state index in [2.05, 4.69) is 10.3 Å². The summed E-state index contributed by atoms with van der Waals surface area (Å²) < 4.78 is 13.0. The lowest BCUT2D eigenvalue weighted by Gasteiger charge is -2.02. The van der Waals surface area contributed by atoms with Crippen molar-refractivity contribution in [1.82, 2.24) is 4.98 Å². The summed E-state index contributed by atoms with van der Waals surface area (Å²) in [7, 11) is 0. The van der Waals surface area contributed by atoms with Crippen LogP contribution < -0.4 is 11.1 Å². The van der Waals surface area contributed by atoms with E-state index in [0.717, 1.165) is 17.2 Å². The van der Waals surface area contributed by atoms with Gasteiger partial charge in [0.2, 0.25) is 0 Å². The molecule has 0 aliphatic carbocycles. The van der Waals surface area contributed by atoms with Crippen LogP contribution in [0.1, 0.15) is 12.6 Å². The van der Waals surface area contributed by atoms with Gasteiger partial charge in [-0.3, -0.25) is 0 Å². The van der Waals surface area contributed by atoms with Crippen molar-refractivity contribution in [2.45, 2.75) is 19.4 Å². The second-order valence-corrected chi connectivity index (χ2v) is 4.82. The molecule has 1 unspecified atom stereocenters. The molecule has 17 heavy (non-hydrogen) atoms. The molecule has 0 saturated heterocycles. The molecule has 3 nitrogen and oxygen atoms in total. The lowest BCUT2D eigenvalue weighted by molar-refractivity contribution is 0.628. The zero-order chi connectivity index (χ0) is 12.3. The maximum Gasteiger partial charge on any atom is 0.187 e. The standard InChI is InChI=1S/C12H14FN3S/c1-8(14)5-11-7-17-12(16-11)15-10-4-2-3-9(13)6-10/h2-4,6-8H,5,14H2,1H3,(H,15,16). The molecule has 0 aliphatic rings. The summed E-state index contributed by atoms with van der Waals surface area (Å²) in [4.78, 5) is 4.38. The minimum absolute atomic E-state index is 0.0964. The van der Waals surface area contributed by atoms with E-state index in [4.69, 9.17) is 5.73 Å². The van der Waals surface area contributed by atoms with Crippen molar-refractivity contribution in [3.63, 3.8) is 0 Å². The SMILES string of the molecule is CC(N)Cc1csc(Nc2cccc(F)c2)n1. The third-order valence-electron chi connectivity index (χ3n) is 2.16. The first kappa shape index (κ1) is 12.0. The Hall–Kier alpha value is -1.46. The molecule has 1 atom stereocenters. The zero-order valence-electron chi connectivity index (χ0n) is 9.48. The normalized spacial score (nSPS) is 12.4. The fourth-order valence-corrected chi connectivity index (χ4v) is 2.22. The Kier molecular flexibility index (Phi) is 3.71. The molecule has 2 aromatic rings. The van der Waals surface area contributed by atoms with E-state index in [0.29, 0.717) is 5.69 Å². The predicted octanol–water partition coefficient (Wildman–Crippen LogP) is 2.92. The van der Waals surface area contributed by atoms with E-state index in [-0.39, 0.29) is 11.9 Å². The first-order valence-electron chi connectivity index (χ1n) is 5.36. The van der Waals surface area contributed by atoms with Crippen molar-refractivity contribution in [1.29, 1.82) is 0 Å². The van der Waals surface area contributed by atoms with Gasteiger partial charge >= 0.3 is 0 Å². The van der Waals surface area contributed by atoms with Crippen LogP contribution in [0.3, 0.4) is 0 Å². The van der Waals surface area contributed by atoms with Crippen LogP contribution in [-0.2, 0) is 6.42 Å². The number of hydrogen-bond acceptors (Lipinski definition) is 4. The molecular formula is C12H14FN3S.